The summed E-state index contributed by atoms with van der Waals surface area (Å²) < 4.78 is 34.2. The second-order valence-corrected chi connectivity index (χ2v) is 17.0. The van der Waals surface area contributed by atoms with Gasteiger partial charge in [-0.2, -0.15) is 0 Å². The van der Waals surface area contributed by atoms with E-state index in [0.717, 1.165) is 51.4 Å². The molecule has 11 heteroatoms. The molecule has 0 rings (SSSR count). The van der Waals surface area contributed by atoms with Crippen LogP contribution in [0, 0.1) is 0 Å². The second-order valence-electron chi connectivity index (χ2n) is 15.5. The number of quaternary nitrogens is 1. The number of carbonyl (C=O) groups excluding carboxylic acids is 2. The number of ether oxygens (including phenoxy) is 2. The number of likely N-dealkylation sites (N-methyl/N-ethyl adjacent to an activating group) is 1. The maximum absolute atomic E-state index is 12.7. The Kier molecular flexibility index (Phi) is 36.0. The maximum atomic E-state index is 12.7. The summed E-state index contributed by atoms with van der Waals surface area (Å²) in [7, 11) is 1.41. The average molecular weight is 823 g/mol. The highest BCUT2D eigenvalue weighted by Crippen LogP contribution is 2.43. The first-order chi connectivity index (χ1) is 27.4. The average Bonchev–Trinajstić information content (AvgIpc) is 3.16. The summed E-state index contributed by atoms with van der Waals surface area (Å²) >= 11 is 0. The van der Waals surface area contributed by atoms with Gasteiger partial charge in [0.25, 0.3) is 0 Å². The highest BCUT2D eigenvalue weighted by atomic mass is 31.2. The van der Waals surface area contributed by atoms with E-state index in [-0.39, 0.29) is 32.2 Å². The summed E-state index contributed by atoms with van der Waals surface area (Å²) in [5, 5.41) is 9.48. The van der Waals surface area contributed by atoms with Crippen molar-refractivity contribution in [2.75, 3.05) is 47.5 Å². The van der Waals surface area contributed by atoms with Crippen molar-refractivity contribution >= 4 is 19.8 Å². The highest BCUT2D eigenvalue weighted by Gasteiger charge is 2.27. The zero-order valence-electron chi connectivity index (χ0n) is 36.4. The third-order valence-electron chi connectivity index (χ3n) is 8.88. The molecule has 0 aromatic rings. The van der Waals surface area contributed by atoms with Crippen LogP contribution in [-0.2, 0) is 32.7 Å². The number of hydrogen-bond donors (Lipinski definition) is 2. The molecule has 328 valence electrons. The molecular weight excluding hydrogens is 741 g/mol. The monoisotopic (exact) mass is 823 g/mol. The van der Waals surface area contributed by atoms with Gasteiger partial charge in [-0.1, -0.05) is 138 Å². The molecule has 3 atom stereocenters. The van der Waals surface area contributed by atoms with E-state index in [0.29, 0.717) is 36.7 Å². The lowest BCUT2D eigenvalue weighted by Crippen LogP contribution is -2.37. The molecule has 0 aliphatic heterocycles. The number of unbranched alkanes of at least 4 members (excludes halogenated alkanes) is 12. The number of phosphoric acid groups is 1. The molecule has 0 radical (unpaired) electrons. The Morgan fingerprint density at radius 2 is 1.16 bits per heavy atom. The number of phosphoric ester groups is 1. The number of allylic oxidation sites excluding steroid dienone is 11. The summed E-state index contributed by atoms with van der Waals surface area (Å²) in [6, 6.07) is 0. The number of aliphatic hydroxyl groups is 1. The van der Waals surface area contributed by atoms with Crippen molar-refractivity contribution in [3.63, 3.8) is 0 Å². The quantitative estimate of drug-likeness (QED) is 0.0156. The molecule has 0 aromatic heterocycles. The van der Waals surface area contributed by atoms with Gasteiger partial charge < -0.3 is 24.0 Å². The lowest BCUT2D eigenvalue weighted by atomic mass is 10.1. The molecule has 0 saturated carbocycles. The molecule has 57 heavy (non-hydrogen) atoms. The van der Waals surface area contributed by atoms with E-state index < -0.39 is 32.5 Å². The van der Waals surface area contributed by atoms with Gasteiger partial charge in [-0.3, -0.25) is 18.6 Å². The van der Waals surface area contributed by atoms with Crippen LogP contribution in [0.25, 0.3) is 0 Å². The van der Waals surface area contributed by atoms with Crippen LogP contribution < -0.4 is 0 Å². The van der Waals surface area contributed by atoms with Crippen molar-refractivity contribution in [1.82, 2.24) is 0 Å². The molecule has 0 aromatic carbocycles. The van der Waals surface area contributed by atoms with E-state index in [1.165, 1.54) is 44.9 Å². The minimum absolute atomic E-state index is 0.0119. The van der Waals surface area contributed by atoms with E-state index in [9.17, 15) is 24.2 Å². The van der Waals surface area contributed by atoms with Crippen molar-refractivity contribution in [2.45, 2.75) is 161 Å². The SMILES string of the molecule is CCCCCCCC/C=C\CCCCCCCC(=O)O[C@H](COC(=O)CCC/C=C\C/C=C\C/C=C\C/C=C\C=C\[C@@H](O)CC)COP(=O)(O)OCC[N+](C)(C)C. The van der Waals surface area contributed by atoms with Crippen molar-refractivity contribution < 1.29 is 47.2 Å². The van der Waals surface area contributed by atoms with Crippen LogP contribution in [0.2, 0.25) is 0 Å². The Morgan fingerprint density at radius 1 is 0.632 bits per heavy atom. The predicted octanol–water partition coefficient (Wildman–Crippen LogP) is 11.2. The van der Waals surface area contributed by atoms with Crippen LogP contribution in [-0.4, -0.2) is 86.1 Å². The molecule has 0 saturated heterocycles. The molecule has 2 N–H and O–H groups in total. The summed E-state index contributed by atoms with van der Waals surface area (Å²) in [6.07, 6.45) is 43.3. The molecular formula is C46H81NO9P+. The number of nitrogens with zero attached hydrogens (tertiary/aromatic N) is 1. The van der Waals surface area contributed by atoms with Crippen LogP contribution in [0.1, 0.15) is 149 Å². The van der Waals surface area contributed by atoms with Gasteiger partial charge in [0, 0.05) is 12.8 Å². The molecule has 1 unspecified atom stereocenters. The van der Waals surface area contributed by atoms with E-state index in [4.69, 9.17) is 18.5 Å². The van der Waals surface area contributed by atoms with Crippen LogP contribution in [0.5, 0.6) is 0 Å². The topological polar surface area (TPSA) is 129 Å². The number of esters is 2. The number of aliphatic hydroxyl groups excluding tert-OH is 1. The summed E-state index contributed by atoms with van der Waals surface area (Å²) in [6.45, 7) is 3.98. The van der Waals surface area contributed by atoms with Gasteiger partial charge in [0.05, 0.1) is 33.9 Å². The normalized spacial score (nSPS) is 14.9. The Hall–Kier alpha value is -2.59. The number of hydrogen-bond acceptors (Lipinski definition) is 8. The molecule has 0 amide bonds. The first-order valence-electron chi connectivity index (χ1n) is 21.8. The van der Waals surface area contributed by atoms with Crippen molar-refractivity contribution in [3.8, 4) is 0 Å². The third-order valence-corrected chi connectivity index (χ3v) is 9.86. The van der Waals surface area contributed by atoms with E-state index in [2.05, 4.69) is 49.5 Å². The Labute approximate surface area is 347 Å². The second kappa shape index (κ2) is 37.7. The Balaban J connectivity index is 4.51. The van der Waals surface area contributed by atoms with Crippen LogP contribution in [0.3, 0.4) is 0 Å². The number of rotatable bonds is 38. The third kappa shape index (κ3) is 41.4. The maximum Gasteiger partial charge on any atom is 0.472 e. The van der Waals surface area contributed by atoms with Gasteiger partial charge in [0.1, 0.15) is 19.8 Å². The zero-order chi connectivity index (χ0) is 42.3. The van der Waals surface area contributed by atoms with Gasteiger partial charge in [-0.05, 0) is 70.6 Å². The largest absolute Gasteiger partial charge is 0.472 e. The zero-order valence-corrected chi connectivity index (χ0v) is 37.3. The Bertz CT molecular complexity index is 1220. The van der Waals surface area contributed by atoms with Crippen LogP contribution >= 0.6 is 7.82 Å². The lowest BCUT2D eigenvalue weighted by Gasteiger charge is -2.24. The molecule has 0 heterocycles. The van der Waals surface area contributed by atoms with Gasteiger partial charge in [0.2, 0.25) is 0 Å². The van der Waals surface area contributed by atoms with Gasteiger partial charge >= 0.3 is 19.8 Å². The smallest absolute Gasteiger partial charge is 0.462 e. The standard InChI is InChI=1S/C46H80NO9P/c1-6-8-9-10-11-12-13-14-15-20-23-26-29-32-35-38-46(50)56-44(42-55-57(51,52)54-40-39-47(3,4)5)41-53-45(49)37-34-31-28-25-22-19-17-16-18-21-24-27-30-33-36-43(48)7-2/h14-15,17-19,21,25,27-28,30,33,36,43-44,48H,6-13,16,20,22-24,26,29,31-32,34-35,37-42H2,1-5H3/p+1/b15-14-,19-17-,21-18-,28-25-,30-27-,36-33+/t43-,44+/m0/s1. The molecule has 0 fully saturated rings. The lowest BCUT2D eigenvalue weighted by molar-refractivity contribution is -0.870. The van der Waals surface area contributed by atoms with Crippen molar-refractivity contribution in [2.24, 2.45) is 0 Å². The highest BCUT2D eigenvalue weighted by molar-refractivity contribution is 7.47. The fraction of sp³-hybridized carbons (Fsp3) is 0.696. The van der Waals surface area contributed by atoms with Crippen molar-refractivity contribution in [3.05, 3.63) is 72.9 Å². The van der Waals surface area contributed by atoms with Gasteiger partial charge in [-0.15, -0.1) is 0 Å². The summed E-state index contributed by atoms with van der Waals surface area (Å²) in [4.78, 5) is 35.3. The first-order valence-corrected chi connectivity index (χ1v) is 23.3. The fourth-order valence-corrected chi connectivity index (χ4v) is 6.03. The number of carbonyl (C=O) groups is 2. The molecule has 0 bridgehead atoms. The van der Waals surface area contributed by atoms with Crippen molar-refractivity contribution in [1.29, 1.82) is 0 Å². The first kappa shape index (κ1) is 54.4. The summed E-state index contributed by atoms with van der Waals surface area (Å²) in [5.41, 5.74) is 0. The minimum atomic E-state index is -4.40. The predicted molar refractivity (Wildman–Crippen MR) is 235 cm³/mol. The molecule has 0 spiro atoms. The van der Waals surface area contributed by atoms with Crippen LogP contribution in [0.4, 0.5) is 0 Å². The molecule has 0 aliphatic rings. The Morgan fingerprint density at radius 3 is 1.77 bits per heavy atom. The van der Waals surface area contributed by atoms with E-state index >= 15 is 0 Å². The molecule has 10 nitrogen and oxygen atoms in total. The van der Waals surface area contributed by atoms with Crippen LogP contribution in [0.15, 0.2) is 72.9 Å². The minimum Gasteiger partial charge on any atom is -0.462 e. The molecule has 0 aliphatic carbocycles. The van der Waals surface area contributed by atoms with E-state index in [1.54, 1.807) is 6.08 Å². The fourth-order valence-electron chi connectivity index (χ4n) is 5.29. The van der Waals surface area contributed by atoms with Gasteiger partial charge in [-0.25, -0.2) is 4.57 Å². The summed E-state index contributed by atoms with van der Waals surface area (Å²) in [5.74, 6) is -0.902. The van der Waals surface area contributed by atoms with Gasteiger partial charge in [0.15, 0.2) is 6.10 Å². The van der Waals surface area contributed by atoms with E-state index in [1.807, 2.05) is 52.4 Å².